The van der Waals surface area contributed by atoms with E-state index in [1.165, 1.54) is 19.3 Å². The first-order chi connectivity index (χ1) is 8.76. The maximum atomic E-state index is 6.00. The Morgan fingerprint density at radius 2 is 2.11 bits per heavy atom. The minimum absolute atomic E-state index is 0.647. The fourth-order valence-corrected chi connectivity index (χ4v) is 2.53. The van der Waals surface area contributed by atoms with Crippen LogP contribution in [0.2, 0.25) is 0 Å². The Morgan fingerprint density at radius 1 is 1.33 bits per heavy atom. The maximum absolute atomic E-state index is 6.00. The minimum atomic E-state index is 0.647. The van der Waals surface area contributed by atoms with Crippen LogP contribution in [0.25, 0.3) is 0 Å². The topological polar surface area (TPSA) is 55.0 Å². The molecular weight excluding hydrogens is 224 g/mol. The number of nitrogens with two attached hydrogens (primary N) is 1. The van der Waals surface area contributed by atoms with Crippen LogP contribution in [0, 0.1) is 5.92 Å². The number of hydrogen-bond acceptors (Lipinski definition) is 4. The molecule has 100 valence electrons. The Morgan fingerprint density at radius 3 is 2.67 bits per heavy atom. The van der Waals surface area contributed by atoms with Gasteiger partial charge in [-0.1, -0.05) is 19.8 Å². The van der Waals surface area contributed by atoms with E-state index in [0.29, 0.717) is 5.82 Å². The summed E-state index contributed by atoms with van der Waals surface area (Å²) >= 11 is 0. The molecule has 4 heteroatoms. The molecule has 0 radical (unpaired) electrons. The quantitative estimate of drug-likeness (QED) is 0.841. The highest BCUT2D eigenvalue weighted by Gasteiger charge is 2.22. The van der Waals surface area contributed by atoms with E-state index < -0.39 is 0 Å². The zero-order chi connectivity index (χ0) is 13.0. The zero-order valence-electron chi connectivity index (χ0n) is 11.5. The Hall–Kier alpha value is -1.32. The molecule has 0 bridgehead atoms. The molecule has 1 aliphatic rings. The Labute approximate surface area is 110 Å². The lowest BCUT2D eigenvalue weighted by Gasteiger charge is -2.33. The van der Waals surface area contributed by atoms with E-state index in [4.69, 9.17) is 5.73 Å². The third-order valence-electron chi connectivity index (χ3n) is 3.84. The second kappa shape index (κ2) is 6.03. The summed E-state index contributed by atoms with van der Waals surface area (Å²) in [5.41, 5.74) is 7.13. The Bertz CT molecular complexity index is 387. The molecule has 0 saturated heterocycles. The molecule has 1 saturated carbocycles. The largest absolute Gasteiger partial charge is 0.383 e. The molecule has 1 aromatic heterocycles. The van der Waals surface area contributed by atoms with Crippen molar-refractivity contribution in [3.8, 4) is 0 Å². The van der Waals surface area contributed by atoms with Gasteiger partial charge in [0.15, 0.2) is 0 Å². The van der Waals surface area contributed by atoms with Gasteiger partial charge in [0.05, 0.1) is 0 Å². The molecule has 2 N–H and O–H groups in total. The summed E-state index contributed by atoms with van der Waals surface area (Å²) in [6.45, 7) is 6.46. The second-order valence-electron chi connectivity index (χ2n) is 5.15. The normalized spacial score (nSPS) is 15.4. The summed E-state index contributed by atoms with van der Waals surface area (Å²) < 4.78 is 0. The van der Waals surface area contributed by atoms with Crippen molar-refractivity contribution in [3.05, 3.63) is 11.9 Å². The molecule has 0 atom stereocenters. The average Bonchev–Trinajstić information content (AvgIpc) is 2.31. The summed E-state index contributed by atoms with van der Waals surface area (Å²) in [6, 6.07) is 0. The van der Waals surface area contributed by atoms with E-state index in [2.05, 4.69) is 28.7 Å². The zero-order valence-corrected chi connectivity index (χ0v) is 11.5. The van der Waals surface area contributed by atoms with Gasteiger partial charge in [0.2, 0.25) is 0 Å². The van der Waals surface area contributed by atoms with Crippen molar-refractivity contribution in [1.82, 2.24) is 9.97 Å². The van der Waals surface area contributed by atoms with E-state index in [9.17, 15) is 0 Å². The average molecular weight is 248 g/mol. The van der Waals surface area contributed by atoms with Crippen LogP contribution in [-0.4, -0.2) is 23.1 Å². The van der Waals surface area contributed by atoms with Gasteiger partial charge in [0.25, 0.3) is 0 Å². The fraction of sp³-hybridized carbons (Fsp3) is 0.714. The maximum Gasteiger partial charge on any atom is 0.137 e. The van der Waals surface area contributed by atoms with Gasteiger partial charge in [-0.05, 0) is 32.1 Å². The van der Waals surface area contributed by atoms with Crippen LogP contribution in [0.5, 0.6) is 0 Å². The van der Waals surface area contributed by atoms with E-state index in [1.54, 1.807) is 6.33 Å². The molecule has 1 fully saturated rings. The van der Waals surface area contributed by atoms with Crippen molar-refractivity contribution in [1.29, 1.82) is 0 Å². The van der Waals surface area contributed by atoms with E-state index in [1.807, 2.05) is 0 Å². The minimum Gasteiger partial charge on any atom is -0.383 e. The van der Waals surface area contributed by atoms with Gasteiger partial charge in [-0.15, -0.1) is 0 Å². The molecule has 0 aromatic carbocycles. The van der Waals surface area contributed by atoms with Gasteiger partial charge in [-0.25, -0.2) is 9.97 Å². The number of hydrogen-bond donors (Lipinski definition) is 1. The molecule has 0 amide bonds. The van der Waals surface area contributed by atoms with Gasteiger partial charge < -0.3 is 10.6 Å². The first-order valence-corrected chi connectivity index (χ1v) is 7.10. The van der Waals surface area contributed by atoms with Crippen LogP contribution in [0.3, 0.4) is 0 Å². The highest BCUT2D eigenvalue weighted by atomic mass is 15.2. The summed E-state index contributed by atoms with van der Waals surface area (Å²) in [4.78, 5) is 11.0. The summed E-state index contributed by atoms with van der Waals surface area (Å²) in [5, 5.41) is 0. The number of rotatable bonds is 6. The third-order valence-corrected chi connectivity index (χ3v) is 3.84. The molecule has 2 rings (SSSR count). The van der Waals surface area contributed by atoms with Gasteiger partial charge in [0, 0.05) is 18.7 Å². The number of anilines is 2. The number of nitrogen functional groups attached to an aromatic ring is 1. The van der Waals surface area contributed by atoms with Gasteiger partial charge in [-0.3, -0.25) is 0 Å². The molecule has 1 aliphatic carbocycles. The van der Waals surface area contributed by atoms with Crippen molar-refractivity contribution < 1.29 is 0 Å². The van der Waals surface area contributed by atoms with E-state index in [-0.39, 0.29) is 0 Å². The number of aromatic nitrogens is 2. The van der Waals surface area contributed by atoms with Crippen molar-refractivity contribution in [2.45, 2.75) is 46.0 Å². The van der Waals surface area contributed by atoms with Crippen LogP contribution >= 0.6 is 0 Å². The number of nitrogens with zero attached hydrogens (tertiary/aromatic N) is 3. The molecule has 1 aromatic rings. The van der Waals surface area contributed by atoms with Gasteiger partial charge in [0.1, 0.15) is 18.0 Å². The van der Waals surface area contributed by atoms with Crippen LogP contribution in [0.15, 0.2) is 6.33 Å². The van der Waals surface area contributed by atoms with Crippen molar-refractivity contribution in [3.63, 3.8) is 0 Å². The molecule has 18 heavy (non-hydrogen) atoms. The summed E-state index contributed by atoms with van der Waals surface area (Å²) in [5.74, 6) is 2.54. The van der Waals surface area contributed by atoms with Crippen LogP contribution in [0.1, 0.15) is 45.1 Å². The highest BCUT2D eigenvalue weighted by molar-refractivity contribution is 5.56. The predicted octanol–water partition coefficient (Wildman–Crippen LogP) is 2.64. The molecule has 1 heterocycles. The summed E-state index contributed by atoms with van der Waals surface area (Å²) in [7, 11) is 0. The smallest absolute Gasteiger partial charge is 0.137 e. The van der Waals surface area contributed by atoms with E-state index in [0.717, 1.165) is 43.2 Å². The monoisotopic (exact) mass is 248 g/mol. The lowest BCUT2D eigenvalue weighted by Crippen LogP contribution is -2.34. The Balaban J connectivity index is 2.19. The van der Waals surface area contributed by atoms with Gasteiger partial charge in [-0.2, -0.15) is 0 Å². The molecule has 4 nitrogen and oxygen atoms in total. The third kappa shape index (κ3) is 2.74. The predicted molar refractivity (Wildman–Crippen MR) is 75.7 cm³/mol. The second-order valence-corrected chi connectivity index (χ2v) is 5.15. The first-order valence-electron chi connectivity index (χ1n) is 7.10. The van der Waals surface area contributed by atoms with Crippen LogP contribution < -0.4 is 10.6 Å². The first kappa shape index (κ1) is 13.1. The Kier molecular flexibility index (Phi) is 4.39. The van der Waals surface area contributed by atoms with Crippen LogP contribution in [0.4, 0.5) is 11.6 Å². The van der Waals surface area contributed by atoms with E-state index >= 15 is 0 Å². The van der Waals surface area contributed by atoms with Crippen molar-refractivity contribution in [2.75, 3.05) is 23.7 Å². The highest BCUT2D eigenvalue weighted by Crippen LogP contribution is 2.30. The lowest BCUT2D eigenvalue weighted by atomic mass is 9.85. The SMILES string of the molecule is CCCc1c(N)ncnc1N(CC)CC1CCC1. The summed E-state index contributed by atoms with van der Waals surface area (Å²) in [6.07, 6.45) is 7.73. The van der Waals surface area contributed by atoms with Crippen molar-refractivity contribution in [2.24, 2.45) is 5.92 Å². The molecule has 0 aliphatic heterocycles. The fourth-order valence-electron chi connectivity index (χ4n) is 2.53. The standard InChI is InChI=1S/C14H24N4/c1-3-6-12-13(15)16-10-17-14(12)18(4-2)9-11-7-5-8-11/h10-11H,3-9H2,1-2H3,(H2,15,16,17). The lowest BCUT2D eigenvalue weighted by molar-refractivity contribution is 0.318. The molecular formula is C14H24N4. The molecule has 0 spiro atoms. The van der Waals surface area contributed by atoms with Crippen molar-refractivity contribution >= 4 is 11.6 Å². The molecule has 0 unspecified atom stereocenters. The van der Waals surface area contributed by atoms with Crippen LogP contribution in [-0.2, 0) is 6.42 Å². The van der Waals surface area contributed by atoms with Gasteiger partial charge >= 0.3 is 0 Å².